The molecule has 2 N–H and O–H groups in total. The predicted molar refractivity (Wildman–Crippen MR) is 112 cm³/mol. The minimum absolute atomic E-state index is 0.119. The quantitative estimate of drug-likeness (QED) is 0.244. The molecule has 152 valence electrons. The molecular formula is C19H32N4O3S. The molecule has 1 aromatic rings. The van der Waals surface area contributed by atoms with Crippen LogP contribution in [-0.4, -0.2) is 57.7 Å². The number of hydrogen-bond donors (Lipinski definition) is 2. The Hall–Kier alpha value is -2.06. The summed E-state index contributed by atoms with van der Waals surface area (Å²) in [6.45, 7) is 10.1. The fourth-order valence-corrected chi connectivity index (χ4v) is 3.15. The molecule has 0 amide bonds. The van der Waals surface area contributed by atoms with Crippen molar-refractivity contribution >= 4 is 16.0 Å². The topological polar surface area (TPSA) is 83.0 Å². The third kappa shape index (κ3) is 8.45. The van der Waals surface area contributed by atoms with E-state index in [1.165, 1.54) is 4.31 Å². The van der Waals surface area contributed by atoms with E-state index in [9.17, 15) is 8.42 Å². The number of benzene rings is 1. The van der Waals surface area contributed by atoms with Crippen LogP contribution in [0.1, 0.15) is 25.8 Å². The van der Waals surface area contributed by atoms with Crippen molar-refractivity contribution in [2.75, 3.05) is 39.0 Å². The number of sulfonamides is 1. The standard InChI is InChI=1S/C19H32N4O3S/c1-5-15-26-18-12-9-8-11-17(18)16-22-19(20-6-2)21-13-10-14-23(4)27(24,25)7-3/h5,8-9,11-12H,1,6-7,10,13-16H2,2-4H3,(H2,20,21,22). The molecule has 0 unspecified atom stereocenters. The van der Waals surface area contributed by atoms with Gasteiger partial charge in [0.2, 0.25) is 10.0 Å². The summed E-state index contributed by atoms with van der Waals surface area (Å²) in [6, 6.07) is 7.78. The van der Waals surface area contributed by atoms with E-state index in [1.807, 2.05) is 31.2 Å². The lowest BCUT2D eigenvalue weighted by Crippen LogP contribution is -2.39. The maximum absolute atomic E-state index is 11.7. The van der Waals surface area contributed by atoms with Crippen LogP contribution in [0, 0.1) is 0 Å². The second-order valence-electron chi connectivity index (χ2n) is 5.90. The molecule has 0 atom stereocenters. The smallest absolute Gasteiger partial charge is 0.213 e. The molecule has 0 saturated carbocycles. The molecule has 1 aromatic carbocycles. The van der Waals surface area contributed by atoms with Gasteiger partial charge in [0.1, 0.15) is 12.4 Å². The van der Waals surface area contributed by atoms with Gasteiger partial charge < -0.3 is 15.4 Å². The fourth-order valence-electron chi connectivity index (χ4n) is 2.30. The van der Waals surface area contributed by atoms with Crippen molar-refractivity contribution in [3.8, 4) is 5.75 Å². The second kappa shape index (κ2) is 12.3. The summed E-state index contributed by atoms with van der Waals surface area (Å²) in [5.41, 5.74) is 0.991. The Kier molecular flexibility index (Phi) is 10.5. The van der Waals surface area contributed by atoms with Gasteiger partial charge in [0.05, 0.1) is 12.3 Å². The van der Waals surface area contributed by atoms with Gasteiger partial charge in [-0.1, -0.05) is 30.9 Å². The van der Waals surface area contributed by atoms with Crippen molar-refractivity contribution in [3.63, 3.8) is 0 Å². The van der Waals surface area contributed by atoms with Crippen LogP contribution in [0.2, 0.25) is 0 Å². The minimum atomic E-state index is -3.13. The molecule has 0 bridgehead atoms. The van der Waals surface area contributed by atoms with Gasteiger partial charge in [0.25, 0.3) is 0 Å². The lowest BCUT2D eigenvalue weighted by molar-refractivity contribution is 0.359. The Morgan fingerprint density at radius 2 is 2.04 bits per heavy atom. The number of ether oxygens (including phenoxy) is 1. The molecule has 8 heteroatoms. The van der Waals surface area contributed by atoms with E-state index in [1.54, 1.807) is 20.0 Å². The van der Waals surface area contributed by atoms with Gasteiger partial charge in [-0.15, -0.1) is 0 Å². The van der Waals surface area contributed by atoms with Crippen LogP contribution in [0.4, 0.5) is 0 Å². The van der Waals surface area contributed by atoms with Gasteiger partial charge in [-0.2, -0.15) is 0 Å². The number of guanidine groups is 1. The maximum atomic E-state index is 11.7. The first-order valence-electron chi connectivity index (χ1n) is 9.22. The van der Waals surface area contributed by atoms with Crippen LogP contribution in [0.3, 0.4) is 0 Å². The van der Waals surface area contributed by atoms with Crippen molar-refractivity contribution in [1.29, 1.82) is 0 Å². The van der Waals surface area contributed by atoms with Gasteiger partial charge in [-0.25, -0.2) is 17.7 Å². The Morgan fingerprint density at radius 1 is 1.30 bits per heavy atom. The van der Waals surface area contributed by atoms with E-state index < -0.39 is 10.0 Å². The minimum Gasteiger partial charge on any atom is -0.489 e. The summed E-state index contributed by atoms with van der Waals surface area (Å²) in [7, 11) is -1.52. The summed E-state index contributed by atoms with van der Waals surface area (Å²) in [5.74, 6) is 1.61. The number of para-hydroxylation sites is 1. The highest BCUT2D eigenvalue weighted by Crippen LogP contribution is 2.18. The van der Waals surface area contributed by atoms with Gasteiger partial charge in [0, 0.05) is 32.2 Å². The van der Waals surface area contributed by atoms with E-state index in [0.717, 1.165) is 17.9 Å². The van der Waals surface area contributed by atoms with Crippen LogP contribution < -0.4 is 15.4 Å². The van der Waals surface area contributed by atoms with Crippen molar-refractivity contribution < 1.29 is 13.2 Å². The highest BCUT2D eigenvalue weighted by atomic mass is 32.2. The van der Waals surface area contributed by atoms with Crippen LogP contribution in [0.25, 0.3) is 0 Å². The van der Waals surface area contributed by atoms with E-state index in [-0.39, 0.29) is 5.75 Å². The molecule has 0 radical (unpaired) electrons. The molecule has 27 heavy (non-hydrogen) atoms. The van der Waals surface area contributed by atoms with E-state index in [0.29, 0.717) is 38.6 Å². The first kappa shape index (κ1) is 23.0. The van der Waals surface area contributed by atoms with Crippen molar-refractivity contribution in [3.05, 3.63) is 42.5 Å². The Morgan fingerprint density at radius 3 is 2.70 bits per heavy atom. The summed E-state index contributed by atoms with van der Waals surface area (Å²) in [5, 5.41) is 6.43. The average molecular weight is 397 g/mol. The molecule has 1 rings (SSSR count). The molecule has 0 saturated heterocycles. The van der Waals surface area contributed by atoms with Gasteiger partial charge in [-0.05, 0) is 26.3 Å². The highest BCUT2D eigenvalue weighted by Gasteiger charge is 2.13. The van der Waals surface area contributed by atoms with Gasteiger partial charge in [0.15, 0.2) is 5.96 Å². The zero-order valence-electron chi connectivity index (χ0n) is 16.6. The Bertz CT molecular complexity index is 705. The molecule has 0 aliphatic carbocycles. The SMILES string of the molecule is C=CCOc1ccccc1CN=C(NCC)NCCCN(C)S(=O)(=O)CC. The third-order valence-electron chi connectivity index (χ3n) is 3.86. The largest absolute Gasteiger partial charge is 0.489 e. The molecule has 0 heterocycles. The first-order valence-corrected chi connectivity index (χ1v) is 10.8. The summed E-state index contributed by atoms with van der Waals surface area (Å²) in [6.07, 6.45) is 2.40. The average Bonchev–Trinajstić information content (AvgIpc) is 2.67. The number of rotatable bonds is 12. The molecule has 0 aromatic heterocycles. The first-order chi connectivity index (χ1) is 12.9. The summed E-state index contributed by atoms with van der Waals surface area (Å²) >= 11 is 0. The van der Waals surface area contributed by atoms with Crippen molar-refractivity contribution in [1.82, 2.24) is 14.9 Å². The normalized spacial score (nSPS) is 12.1. The molecule has 0 aliphatic rings. The van der Waals surface area contributed by atoms with Gasteiger partial charge in [-0.3, -0.25) is 0 Å². The summed E-state index contributed by atoms with van der Waals surface area (Å²) in [4.78, 5) is 4.59. The monoisotopic (exact) mass is 396 g/mol. The number of nitrogens with zero attached hydrogens (tertiary/aromatic N) is 2. The number of hydrogen-bond acceptors (Lipinski definition) is 4. The Balaban J connectivity index is 2.59. The second-order valence-corrected chi connectivity index (χ2v) is 8.27. The lowest BCUT2D eigenvalue weighted by Gasteiger charge is -2.17. The van der Waals surface area contributed by atoms with E-state index >= 15 is 0 Å². The predicted octanol–water partition coefficient (Wildman–Crippen LogP) is 1.98. The molecule has 0 aliphatic heterocycles. The molecular weight excluding hydrogens is 364 g/mol. The molecule has 7 nitrogen and oxygen atoms in total. The zero-order valence-corrected chi connectivity index (χ0v) is 17.4. The third-order valence-corrected chi connectivity index (χ3v) is 5.72. The van der Waals surface area contributed by atoms with Crippen LogP contribution in [0.5, 0.6) is 5.75 Å². The maximum Gasteiger partial charge on any atom is 0.213 e. The number of nitrogens with one attached hydrogen (secondary N) is 2. The van der Waals surface area contributed by atoms with Crippen molar-refractivity contribution in [2.24, 2.45) is 4.99 Å². The zero-order chi connectivity index (χ0) is 20.1. The molecule has 0 spiro atoms. The molecule has 0 fully saturated rings. The van der Waals surface area contributed by atoms with Gasteiger partial charge >= 0.3 is 0 Å². The lowest BCUT2D eigenvalue weighted by atomic mass is 10.2. The van der Waals surface area contributed by atoms with Crippen molar-refractivity contribution in [2.45, 2.75) is 26.8 Å². The Labute approximate surface area is 163 Å². The number of aliphatic imine (C=N–C) groups is 1. The van der Waals surface area contributed by atoms with Crippen LogP contribution in [0.15, 0.2) is 41.9 Å². The van der Waals surface area contributed by atoms with E-state index in [2.05, 4.69) is 22.2 Å². The van der Waals surface area contributed by atoms with Crippen LogP contribution >= 0.6 is 0 Å². The summed E-state index contributed by atoms with van der Waals surface area (Å²) < 4.78 is 30.5. The fraction of sp³-hybridized carbons (Fsp3) is 0.526. The highest BCUT2D eigenvalue weighted by molar-refractivity contribution is 7.89. The van der Waals surface area contributed by atoms with Crippen LogP contribution in [-0.2, 0) is 16.6 Å². The van der Waals surface area contributed by atoms with E-state index in [4.69, 9.17) is 4.74 Å².